The molecule has 5 aromatic carbocycles. The number of rotatable bonds is 21. The topological polar surface area (TPSA) is 145 Å². The van der Waals surface area contributed by atoms with Crippen LogP contribution in [0.15, 0.2) is 127 Å². The SMILES string of the molecule is COC(=O)[C@@H](N)[C@H](O[Si](C)(C)C(C)(C)C)c1cc(-c2ccc(OCc3ccccc3)c(C[C@H](NC(=O)OCc3ccccc3)C(=O)OCC[Si](C)(C)C)c2)ccc1OCc1ccccc1. The van der Waals surface area contributed by atoms with Gasteiger partial charge >= 0.3 is 18.0 Å². The van der Waals surface area contributed by atoms with E-state index in [2.05, 4.69) is 58.8 Å². The fourth-order valence-corrected chi connectivity index (χ4v) is 8.55. The number of nitrogens with one attached hydrogen (secondary N) is 1. The van der Waals surface area contributed by atoms with E-state index in [1.807, 2.05) is 127 Å². The first-order valence-electron chi connectivity index (χ1n) is 22.1. The van der Waals surface area contributed by atoms with Crippen molar-refractivity contribution in [2.75, 3.05) is 13.7 Å². The lowest BCUT2D eigenvalue weighted by atomic mass is 9.94. The molecular formula is C52H66N2O9Si2. The fraction of sp³-hybridized carbons (Fsp3) is 0.365. The molecule has 1 amide bonds. The summed E-state index contributed by atoms with van der Waals surface area (Å²) in [5, 5.41) is 2.58. The van der Waals surface area contributed by atoms with Gasteiger partial charge in [-0.2, -0.15) is 0 Å². The Hall–Kier alpha value is -5.74. The first-order chi connectivity index (χ1) is 30.8. The number of methoxy groups -OCH3 is 1. The maximum Gasteiger partial charge on any atom is 0.408 e. The van der Waals surface area contributed by atoms with E-state index < -0.39 is 52.6 Å². The highest BCUT2D eigenvalue weighted by atomic mass is 28.4. The number of esters is 2. The predicted octanol–water partition coefficient (Wildman–Crippen LogP) is 10.8. The van der Waals surface area contributed by atoms with Gasteiger partial charge in [0.15, 0.2) is 8.32 Å². The molecule has 0 heterocycles. The van der Waals surface area contributed by atoms with Crippen molar-refractivity contribution in [3.63, 3.8) is 0 Å². The Balaban J connectivity index is 1.59. The van der Waals surface area contributed by atoms with Crippen molar-refractivity contribution in [3.05, 3.63) is 155 Å². The number of hydrogen-bond acceptors (Lipinski definition) is 10. The molecule has 0 saturated carbocycles. The third-order valence-corrected chi connectivity index (χ3v) is 17.7. The molecule has 11 nitrogen and oxygen atoms in total. The van der Waals surface area contributed by atoms with Gasteiger partial charge in [0.1, 0.15) is 43.4 Å². The predicted molar refractivity (Wildman–Crippen MR) is 261 cm³/mol. The van der Waals surface area contributed by atoms with E-state index in [1.165, 1.54) is 7.11 Å². The van der Waals surface area contributed by atoms with E-state index in [9.17, 15) is 14.4 Å². The minimum absolute atomic E-state index is 0.0259. The number of amides is 1. The molecule has 0 aliphatic heterocycles. The standard InChI is InChI=1S/C52H66N2O9Si2/c1-52(2,3)65(8,9)63-48(47(53)50(56)58-4)43-32-41(26-28-46(43)61-35-38-21-15-11-16-22-38)40-25-27-45(60-34-37-19-13-10-14-20-37)42(31-40)33-44(49(55)59-29-30-64(5,6)7)54-51(57)62-36-39-23-17-12-18-24-39/h10-28,31-32,44,47-48H,29-30,33-36,53H2,1-9H3,(H,54,57)/t44-,47-,48+/m0/s1. The van der Waals surface area contributed by atoms with Gasteiger partial charge < -0.3 is 39.2 Å². The normalized spacial score (nSPS) is 13.2. The molecule has 0 aromatic heterocycles. The summed E-state index contributed by atoms with van der Waals surface area (Å²) in [5.41, 5.74) is 12.2. The van der Waals surface area contributed by atoms with Crippen LogP contribution in [0, 0.1) is 0 Å². The highest BCUT2D eigenvalue weighted by Crippen LogP contribution is 2.43. The van der Waals surface area contributed by atoms with Crippen molar-refractivity contribution in [1.29, 1.82) is 0 Å². The molecule has 0 saturated heterocycles. The molecule has 0 aliphatic rings. The van der Waals surface area contributed by atoms with Crippen LogP contribution in [0.3, 0.4) is 0 Å². The van der Waals surface area contributed by atoms with Gasteiger partial charge in [0, 0.05) is 20.1 Å². The average molecular weight is 919 g/mol. The second-order valence-corrected chi connectivity index (χ2v) is 29.3. The summed E-state index contributed by atoms with van der Waals surface area (Å²) in [7, 11) is -2.81. The van der Waals surface area contributed by atoms with Crippen molar-refractivity contribution < 1.29 is 42.5 Å². The monoisotopic (exact) mass is 918 g/mol. The van der Waals surface area contributed by atoms with Crippen LogP contribution in [0.4, 0.5) is 4.79 Å². The zero-order valence-corrected chi connectivity index (χ0v) is 41.4. The van der Waals surface area contributed by atoms with E-state index in [0.717, 1.165) is 33.9 Å². The maximum absolute atomic E-state index is 13.9. The number of benzene rings is 5. The molecular weight excluding hydrogens is 853 g/mol. The lowest BCUT2D eigenvalue weighted by Gasteiger charge is -2.40. The number of nitrogens with two attached hydrogens (primary N) is 1. The smallest absolute Gasteiger partial charge is 0.408 e. The highest BCUT2D eigenvalue weighted by molar-refractivity contribution is 6.76. The molecule has 0 unspecified atom stereocenters. The number of carbonyl (C=O) groups is 3. The number of alkyl carbamates (subject to hydrolysis) is 1. The Kier molecular flexibility index (Phi) is 17.7. The van der Waals surface area contributed by atoms with Gasteiger partial charge in [0.2, 0.25) is 0 Å². The van der Waals surface area contributed by atoms with Gasteiger partial charge in [-0.3, -0.25) is 4.79 Å². The molecule has 13 heteroatoms. The third kappa shape index (κ3) is 15.2. The van der Waals surface area contributed by atoms with Gasteiger partial charge in [0.25, 0.3) is 0 Å². The zero-order chi connectivity index (χ0) is 47.2. The highest BCUT2D eigenvalue weighted by Gasteiger charge is 2.43. The molecule has 5 aromatic rings. The van der Waals surface area contributed by atoms with Crippen molar-refractivity contribution in [2.45, 2.75) is 109 Å². The molecule has 0 aliphatic carbocycles. The van der Waals surface area contributed by atoms with Gasteiger partial charge in [-0.05, 0) is 81.8 Å². The molecule has 5 rings (SSSR count). The second-order valence-electron chi connectivity index (χ2n) is 18.9. The van der Waals surface area contributed by atoms with Gasteiger partial charge in [-0.25, -0.2) is 9.59 Å². The van der Waals surface area contributed by atoms with Gasteiger partial charge in [0.05, 0.1) is 19.8 Å². The van der Waals surface area contributed by atoms with E-state index in [0.29, 0.717) is 22.6 Å². The molecule has 0 fully saturated rings. The lowest BCUT2D eigenvalue weighted by molar-refractivity contribution is -0.146. The van der Waals surface area contributed by atoms with E-state index >= 15 is 0 Å². The number of hydrogen-bond donors (Lipinski definition) is 2. The van der Waals surface area contributed by atoms with Crippen LogP contribution in [-0.4, -0.2) is 60.2 Å². The van der Waals surface area contributed by atoms with Gasteiger partial charge in [-0.15, -0.1) is 0 Å². The van der Waals surface area contributed by atoms with E-state index in [-0.39, 0.29) is 37.9 Å². The Morgan fingerprint density at radius 2 is 1.15 bits per heavy atom. The minimum atomic E-state index is -2.57. The molecule has 346 valence electrons. The summed E-state index contributed by atoms with van der Waals surface area (Å²) >= 11 is 0. The average Bonchev–Trinajstić information content (AvgIpc) is 3.28. The van der Waals surface area contributed by atoms with Crippen LogP contribution in [0.25, 0.3) is 11.1 Å². The van der Waals surface area contributed by atoms with Crippen LogP contribution in [0.5, 0.6) is 11.5 Å². The Morgan fingerprint density at radius 1 is 0.646 bits per heavy atom. The van der Waals surface area contributed by atoms with Crippen molar-refractivity contribution in [3.8, 4) is 22.6 Å². The van der Waals surface area contributed by atoms with Crippen molar-refractivity contribution in [1.82, 2.24) is 5.32 Å². The van der Waals surface area contributed by atoms with E-state index in [4.69, 9.17) is 33.8 Å². The quantitative estimate of drug-likeness (QED) is 0.0414. The fourth-order valence-electron chi connectivity index (χ4n) is 6.57. The minimum Gasteiger partial charge on any atom is -0.489 e. The Morgan fingerprint density at radius 3 is 1.68 bits per heavy atom. The first kappa shape index (κ1) is 50.3. The summed E-state index contributed by atoms with van der Waals surface area (Å²) < 4.78 is 36.6. The Labute approximate surface area is 387 Å². The molecule has 65 heavy (non-hydrogen) atoms. The largest absolute Gasteiger partial charge is 0.489 e. The first-order valence-corrected chi connectivity index (χ1v) is 28.7. The van der Waals surface area contributed by atoms with E-state index in [1.54, 1.807) is 0 Å². The summed E-state index contributed by atoms with van der Waals surface area (Å²) in [6.45, 7) is 18.0. The molecule has 0 spiro atoms. The second kappa shape index (κ2) is 22.9. The van der Waals surface area contributed by atoms with Gasteiger partial charge in [-0.1, -0.05) is 144 Å². The molecule has 3 atom stereocenters. The molecule has 3 N–H and O–H groups in total. The molecule has 0 bridgehead atoms. The Bertz CT molecular complexity index is 2310. The maximum atomic E-state index is 13.9. The van der Waals surface area contributed by atoms with Crippen molar-refractivity contribution >= 4 is 34.4 Å². The summed E-state index contributed by atoms with van der Waals surface area (Å²) in [4.78, 5) is 40.6. The summed E-state index contributed by atoms with van der Waals surface area (Å²) in [5.74, 6) is -0.174. The third-order valence-electron chi connectivity index (χ3n) is 11.5. The van der Waals surface area contributed by atoms with Crippen LogP contribution in [0.1, 0.15) is 54.7 Å². The lowest BCUT2D eigenvalue weighted by Crippen LogP contribution is -2.48. The van der Waals surface area contributed by atoms with Crippen molar-refractivity contribution in [2.24, 2.45) is 5.73 Å². The van der Waals surface area contributed by atoms with Crippen LogP contribution >= 0.6 is 0 Å². The summed E-state index contributed by atoms with van der Waals surface area (Å²) in [6, 6.07) is 38.8. The number of carbonyl (C=O) groups excluding carboxylic acids is 3. The molecule has 0 radical (unpaired) electrons. The zero-order valence-electron chi connectivity index (χ0n) is 39.4. The summed E-state index contributed by atoms with van der Waals surface area (Å²) in [6.07, 6.45) is -1.66. The van der Waals surface area contributed by atoms with Crippen LogP contribution in [0.2, 0.25) is 43.8 Å². The van der Waals surface area contributed by atoms with Crippen LogP contribution in [-0.2, 0) is 54.5 Å². The van der Waals surface area contributed by atoms with Crippen LogP contribution < -0.4 is 20.5 Å². The number of ether oxygens (including phenoxy) is 5.